The minimum absolute atomic E-state index is 0.0296. The summed E-state index contributed by atoms with van der Waals surface area (Å²) in [7, 11) is -2.15. The fraction of sp³-hybridized carbons (Fsp3) is 0.303. The van der Waals surface area contributed by atoms with Crippen molar-refractivity contribution in [1.29, 1.82) is 0 Å². The molecule has 0 unspecified atom stereocenters. The highest BCUT2D eigenvalue weighted by atomic mass is 28.4. The van der Waals surface area contributed by atoms with Gasteiger partial charge in [0, 0.05) is 17.0 Å². The molecule has 5 rings (SSSR count). The van der Waals surface area contributed by atoms with Crippen LogP contribution in [-0.4, -0.2) is 36.0 Å². The third kappa shape index (κ3) is 6.20. The van der Waals surface area contributed by atoms with Crippen molar-refractivity contribution in [3.8, 4) is 5.69 Å². The van der Waals surface area contributed by atoms with Crippen molar-refractivity contribution >= 4 is 25.9 Å². The molecule has 1 aliphatic rings. The van der Waals surface area contributed by atoms with Gasteiger partial charge in [0.05, 0.1) is 24.1 Å². The zero-order chi connectivity index (χ0) is 31.9. The van der Waals surface area contributed by atoms with Crippen LogP contribution >= 0.6 is 0 Å². The maximum atomic E-state index is 13.8. The Kier molecular flexibility index (Phi) is 8.30. The number of benzene rings is 3. The van der Waals surface area contributed by atoms with E-state index in [-0.39, 0.29) is 10.6 Å². The fourth-order valence-corrected chi connectivity index (χ4v) is 5.95. The number of carbonyl (C=O) groups is 2. The van der Waals surface area contributed by atoms with Crippen molar-refractivity contribution in [3.63, 3.8) is 0 Å². The Bertz CT molecular complexity index is 1680. The number of nitrogens with one attached hydrogen (secondary N) is 2. The van der Waals surface area contributed by atoms with Gasteiger partial charge in [-0.1, -0.05) is 69.3 Å². The van der Waals surface area contributed by atoms with Crippen LogP contribution in [0.2, 0.25) is 18.1 Å². The summed E-state index contributed by atoms with van der Waals surface area (Å²) in [6, 6.07) is 19.9. The Morgan fingerprint density at radius 1 is 0.977 bits per heavy atom. The van der Waals surface area contributed by atoms with Gasteiger partial charge in [0.15, 0.2) is 8.32 Å². The Morgan fingerprint density at radius 3 is 2.34 bits per heavy atom. The molecule has 2 amide bonds. The first-order chi connectivity index (χ1) is 20.7. The lowest BCUT2D eigenvalue weighted by Gasteiger charge is -2.37. The van der Waals surface area contributed by atoms with Gasteiger partial charge in [-0.05, 0) is 59.6 Å². The minimum Gasteiger partial charge on any atom is -0.413 e. The molecule has 0 bridgehead atoms. The van der Waals surface area contributed by atoms with Crippen LogP contribution in [0.1, 0.15) is 59.3 Å². The van der Waals surface area contributed by atoms with E-state index in [4.69, 9.17) is 4.43 Å². The van der Waals surface area contributed by atoms with Gasteiger partial charge in [-0.3, -0.25) is 9.59 Å². The second-order valence-electron chi connectivity index (χ2n) is 12.4. The van der Waals surface area contributed by atoms with Crippen LogP contribution in [0.5, 0.6) is 0 Å². The lowest BCUT2D eigenvalue weighted by atomic mass is 9.81. The standard InChI is InChI=1S/C33H35F3N4O3Si/c1-32(2,3)44(4,5)43-20-22-12-9-10-17-25(22)27-26-19-37-40(24-15-7-6-8-16-24)29(26)39-31(42)28(27)38-30(41)21-13-11-14-23(18-21)33(34,35)36/h6-19,27-28H,20H2,1-5H3,(H,38,41)(H,39,42)/t27-,28+/m1/s1. The van der Waals surface area contributed by atoms with Crippen molar-refractivity contribution < 1.29 is 27.2 Å². The molecule has 4 aromatic rings. The topological polar surface area (TPSA) is 85.2 Å². The molecule has 2 N–H and O–H groups in total. The number of halogens is 3. The molecule has 0 fully saturated rings. The number of aromatic nitrogens is 2. The Labute approximate surface area is 255 Å². The maximum Gasteiger partial charge on any atom is 0.416 e. The SMILES string of the molecule is CC(C)(C)[Si](C)(C)OCc1ccccc1[C@@H]1c2cnn(-c3ccccc3)c2NC(=O)[C@H]1NC(=O)c1cccc(C(F)(F)F)c1. The zero-order valence-corrected chi connectivity index (χ0v) is 26.2. The molecule has 0 saturated heterocycles. The number of anilines is 1. The predicted octanol–water partition coefficient (Wildman–Crippen LogP) is 7.30. The summed E-state index contributed by atoms with van der Waals surface area (Å²) in [6.45, 7) is 11.1. The smallest absolute Gasteiger partial charge is 0.413 e. The number of hydrogen-bond acceptors (Lipinski definition) is 4. The molecule has 7 nitrogen and oxygen atoms in total. The molecule has 0 saturated carbocycles. The number of hydrogen-bond donors (Lipinski definition) is 2. The molecular formula is C33H35F3N4O3Si. The number of para-hydroxylation sites is 1. The van der Waals surface area contributed by atoms with Crippen LogP contribution < -0.4 is 10.6 Å². The lowest BCUT2D eigenvalue weighted by molar-refractivity contribution is -0.137. The van der Waals surface area contributed by atoms with E-state index < -0.39 is 43.8 Å². The maximum absolute atomic E-state index is 13.8. The van der Waals surface area contributed by atoms with Crippen LogP contribution in [0.15, 0.2) is 85.1 Å². The first-order valence-electron chi connectivity index (χ1n) is 14.3. The van der Waals surface area contributed by atoms with Crippen molar-refractivity contribution in [2.45, 2.75) is 63.6 Å². The number of carbonyl (C=O) groups excluding carboxylic acids is 2. The van der Waals surface area contributed by atoms with Gasteiger partial charge in [-0.25, -0.2) is 4.68 Å². The molecule has 0 radical (unpaired) electrons. The number of rotatable bonds is 7. The molecular weight excluding hydrogens is 585 g/mol. The van der Waals surface area contributed by atoms with E-state index in [1.165, 1.54) is 12.1 Å². The van der Waals surface area contributed by atoms with Crippen molar-refractivity contribution in [1.82, 2.24) is 15.1 Å². The van der Waals surface area contributed by atoms with E-state index in [9.17, 15) is 22.8 Å². The summed E-state index contributed by atoms with van der Waals surface area (Å²) in [5, 5.41) is 10.2. The average molecular weight is 621 g/mol. The molecule has 44 heavy (non-hydrogen) atoms. The fourth-order valence-electron chi connectivity index (χ4n) is 5.01. The van der Waals surface area contributed by atoms with E-state index >= 15 is 0 Å². The Morgan fingerprint density at radius 2 is 1.66 bits per heavy atom. The van der Waals surface area contributed by atoms with Crippen LogP contribution in [0.4, 0.5) is 19.0 Å². The molecule has 11 heteroatoms. The van der Waals surface area contributed by atoms with Crippen molar-refractivity contribution in [2.24, 2.45) is 0 Å². The Hall–Kier alpha value is -4.22. The highest BCUT2D eigenvalue weighted by molar-refractivity contribution is 6.74. The van der Waals surface area contributed by atoms with Gasteiger partial charge < -0.3 is 15.1 Å². The molecule has 1 aromatic heterocycles. The minimum atomic E-state index is -4.62. The summed E-state index contributed by atoms with van der Waals surface area (Å²) < 4.78 is 48.4. The lowest BCUT2D eigenvalue weighted by Crippen LogP contribution is -2.50. The van der Waals surface area contributed by atoms with E-state index in [2.05, 4.69) is 49.6 Å². The zero-order valence-electron chi connectivity index (χ0n) is 25.2. The largest absolute Gasteiger partial charge is 0.416 e. The molecule has 3 aromatic carbocycles. The van der Waals surface area contributed by atoms with Crippen LogP contribution in [0.25, 0.3) is 5.69 Å². The van der Waals surface area contributed by atoms with Gasteiger partial charge in [-0.15, -0.1) is 0 Å². The van der Waals surface area contributed by atoms with Gasteiger partial charge in [0.1, 0.15) is 11.9 Å². The molecule has 1 aliphatic heterocycles. The number of alkyl halides is 3. The van der Waals surface area contributed by atoms with Gasteiger partial charge in [-0.2, -0.15) is 18.3 Å². The first-order valence-corrected chi connectivity index (χ1v) is 17.2. The van der Waals surface area contributed by atoms with Crippen LogP contribution in [-0.2, 0) is 22.0 Å². The summed E-state index contributed by atoms with van der Waals surface area (Å²) >= 11 is 0. The van der Waals surface area contributed by atoms with E-state index in [1.807, 2.05) is 54.6 Å². The second-order valence-corrected chi connectivity index (χ2v) is 17.2. The van der Waals surface area contributed by atoms with E-state index in [0.29, 0.717) is 18.0 Å². The summed E-state index contributed by atoms with van der Waals surface area (Å²) in [5.41, 5.74) is 1.83. The first kappa shape index (κ1) is 31.2. The van der Waals surface area contributed by atoms with Gasteiger partial charge in [0.2, 0.25) is 5.91 Å². The van der Waals surface area contributed by atoms with Crippen molar-refractivity contribution in [3.05, 3.63) is 113 Å². The highest BCUT2D eigenvalue weighted by Crippen LogP contribution is 2.41. The Balaban J connectivity index is 1.58. The number of nitrogens with zero attached hydrogens (tertiary/aromatic N) is 2. The van der Waals surface area contributed by atoms with E-state index in [1.54, 1.807) is 10.9 Å². The van der Waals surface area contributed by atoms with Gasteiger partial charge in [0.25, 0.3) is 5.91 Å². The molecule has 0 aliphatic carbocycles. The van der Waals surface area contributed by atoms with Crippen molar-refractivity contribution in [2.75, 3.05) is 5.32 Å². The summed E-state index contributed by atoms with van der Waals surface area (Å²) in [5.74, 6) is -1.56. The average Bonchev–Trinajstić information content (AvgIpc) is 3.39. The summed E-state index contributed by atoms with van der Waals surface area (Å²) in [4.78, 5) is 27.2. The van der Waals surface area contributed by atoms with Crippen LogP contribution in [0.3, 0.4) is 0 Å². The molecule has 230 valence electrons. The number of fused-ring (bicyclic) bond motifs is 1. The normalized spacial score (nSPS) is 17.1. The molecule has 2 atom stereocenters. The quantitative estimate of drug-likeness (QED) is 0.213. The highest BCUT2D eigenvalue weighted by Gasteiger charge is 2.42. The van der Waals surface area contributed by atoms with Gasteiger partial charge >= 0.3 is 6.18 Å². The van der Waals surface area contributed by atoms with E-state index in [0.717, 1.165) is 28.9 Å². The summed E-state index contributed by atoms with van der Waals surface area (Å²) in [6.07, 6.45) is -2.97. The monoisotopic (exact) mass is 620 g/mol. The predicted molar refractivity (Wildman–Crippen MR) is 165 cm³/mol. The third-order valence-electron chi connectivity index (χ3n) is 8.51. The number of amides is 2. The van der Waals surface area contributed by atoms with Crippen LogP contribution in [0, 0.1) is 0 Å². The third-order valence-corrected chi connectivity index (χ3v) is 13.0. The molecule has 2 heterocycles. The second kappa shape index (κ2) is 11.7. The molecule has 0 spiro atoms.